The summed E-state index contributed by atoms with van der Waals surface area (Å²) < 4.78 is 0. The number of hydrogen-bond donors (Lipinski definition) is 3. The summed E-state index contributed by atoms with van der Waals surface area (Å²) in [6.45, 7) is 11.5. The second-order valence-electron chi connectivity index (χ2n) is 12.6. The van der Waals surface area contributed by atoms with Gasteiger partial charge in [-0.05, 0) is 106 Å². The number of carboxylic acid groups (broad SMARTS) is 1. The number of nitrogens with zero attached hydrogens (tertiary/aromatic N) is 3. The van der Waals surface area contributed by atoms with Gasteiger partial charge in [-0.1, -0.05) is 38.5 Å². The number of aryl methyl sites for hydroxylation is 2. The highest BCUT2D eigenvalue weighted by Crippen LogP contribution is 2.33. The molecule has 4 heterocycles. The van der Waals surface area contributed by atoms with E-state index < -0.39 is 5.97 Å². The van der Waals surface area contributed by atoms with E-state index in [2.05, 4.69) is 47.2 Å². The number of aliphatic hydroxyl groups is 1. The summed E-state index contributed by atoms with van der Waals surface area (Å²) in [4.78, 5) is 20.6. The predicted octanol–water partition coefficient (Wildman–Crippen LogP) is 5.72. The largest absolute Gasteiger partial charge is 0.481 e. The van der Waals surface area contributed by atoms with Crippen molar-refractivity contribution in [3.05, 3.63) is 53.2 Å². The number of hydrogen-bond acceptors (Lipinski definition) is 6. The van der Waals surface area contributed by atoms with Gasteiger partial charge in [0, 0.05) is 36.9 Å². The van der Waals surface area contributed by atoms with Gasteiger partial charge in [-0.25, -0.2) is 4.98 Å². The van der Waals surface area contributed by atoms with Crippen molar-refractivity contribution in [2.24, 2.45) is 5.41 Å². The van der Waals surface area contributed by atoms with Crippen LogP contribution >= 0.6 is 0 Å². The number of rotatable bonds is 9. The fourth-order valence-electron chi connectivity index (χ4n) is 6.02. The number of nitrogens with one attached hydrogen (secondary N) is 1. The van der Waals surface area contributed by atoms with Gasteiger partial charge in [0.2, 0.25) is 0 Å². The molecule has 7 nitrogen and oxygen atoms in total. The molecule has 0 saturated carbocycles. The quantitative estimate of drug-likeness (QED) is 0.368. The number of aromatic nitrogens is 1. The Labute approximate surface area is 241 Å². The number of likely N-dealkylation sites (tertiary alicyclic amines) is 1. The molecule has 0 aliphatic carbocycles. The third-order valence-corrected chi connectivity index (χ3v) is 8.77. The van der Waals surface area contributed by atoms with E-state index in [0.29, 0.717) is 5.41 Å². The van der Waals surface area contributed by atoms with Gasteiger partial charge in [0.1, 0.15) is 5.82 Å². The molecule has 2 fully saturated rings. The summed E-state index contributed by atoms with van der Waals surface area (Å²) in [5, 5.41) is 21.8. The van der Waals surface area contributed by atoms with Gasteiger partial charge in [0.05, 0.1) is 13.0 Å². The number of pyridine rings is 1. The lowest BCUT2D eigenvalue weighted by Crippen LogP contribution is -2.37. The molecule has 0 spiro atoms. The Morgan fingerprint density at radius 3 is 2.55 bits per heavy atom. The van der Waals surface area contributed by atoms with E-state index in [4.69, 9.17) is 10.1 Å². The van der Waals surface area contributed by atoms with Crippen LogP contribution in [0.4, 0.5) is 11.5 Å². The lowest BCUT2D eigenvalue weighted by Gasteiger charge is -2.38. The van der Waals surface area contributed by atoms with Crippen LogP contribution in [0.15, 0.2) is 36.4 Å². The summed E-state index contributed by atoms with van der Waals surface area (Å²) in [7, 11) is 0. The van der Waals surface area contributed by atoms with Gasteiger partial charge in [-0.2, -0.15) is 0 Å². The van der Waals surface area contributed by atoms with E-state index in [-0.39, 0.29) is 18.9 Å². The molecule has 3 aliphatic heterocycles. The summed E-state index contributed by atoms with van der Waals surface area (Å²) in [6.07, 6.45) is 11.3. The van der Waals surface area contributed by atoms with E-state index in [1.807, 2.05) is 18.2 Å². The topological polar surface area (TPSA) is 88.9 Å². The Bertz CT molecular complexity index is 1070. The number of aliphatic carboxylic acids is 1. The Balaban J connectivity index is 0.000000186. The fraction of sp³-hybridized carbons (Fsp3) is 0.636. The van der Waals surface area contributed by atoms with Crippen molar-refractivity contribution in [1.82, 2.24) is 9.88 Å². The molecule has 1 unspecified atom stereocenters. The number of benzene rings is 1. The van der Waals surface area contributed by atoms with Crippen LogP contribution in [0.25, 0.3) is 0 Å². The molecule has 1 aromatic carbocycles. The molecule has 1 atom stereocenters. The van der Waals surface area contributed by atoms with Crippen molar-refractivity contribution < 1.29 is 15.0 Å². The normalized spacial score (nSPS) is 19.5. The van der Waals surface area contributed by atoms with Crippen molar-refractivity contribution in [3.63, 3.8) is 0 Å². The van der Waals surface area contributed by atoms with E-state index in [1.165, 1.54) is 69.4 Å². The average Bonchev–Trinajstić information content (AvgIpc) is 2.97. The van der Waals surface area contributed by atoms with Gasteiger partial charge in [-0.15, -0.1) is 0 Å². The Morgan fingerprint density at radius 1 is 1.05 bits per heavy atom. The van der Waals surface area contributed by atoms with Gasteiger partial charge in [0.25, 0.3) is 0 Å². The Kier molecular flexibility index (Phi) is 11.2. The van der Waals surface area contributed by atoms with Crippen LogP contribution in [0.3, 0.4) is 0 Å². The number of anilines is 2. The van der Waals surface area contributed by atoms with Crippen molar-refractivity contribution in [2.45, 2.75) is 84.0 Å². The molecule has 5 rings (SSSR count). The van der Waals surface area contributed by atoms with Crippen LogP contribution in [-0.2, 0) is 17.6 Å². The van der Waals surface area contributed by atoms with Crippen LogP contribution in [0.5, 0.6) is 0 Å². The van der Waals surface area contributed by atoms with E-state index in [9.17, 15) is 9.90 Å². The maximum absolute atomic E-state index is 10.9. The molecule has 2 aromatic rings. The number of fused-ring (bicyclic) bond motifs is 1. The monoisotopic (exact) mass is 550 g/mol. The zero-order valence-corrected chi connectivity index (χ0v) is 24.7. The van der Waals surface area contributed by atoms with E-state index in [1.54, 1.807) is 0 Å². The second kappa shape index (κ2) is 14.8. The van der Waals surface area contributed by atoms with Crippen LogP contribution in [0, 0.1) is 5.41 Å². The molecule has 1 aromatic heterocycles. The van der Waals surface area contributed by atoms with Crippen molar-refractivity contribution in [3.8, 4) is 0 Å². The standard InChI is InChI=1S/C17H25NO3.C16H25N3/c1-17(2)6-8-18(9-7-17)15-5-3-4-13(10-15)14(12-19)11-16(20)21;1-2-11-19(12-3-1)13-5-7-15-9-8-14-6-4-10-17-16(14)18-15/h3-5,10,14,19H,6-9,11-12H2,1-2H3,(H,20,21);8-9H,1-7,10-13H2,(H,17,18). The minimum atomic E-state index is -0.876. The van der Waals surface area contributed by atoms with Crippen molar-refractivity contribution in [1.29, 1.82) is 0 Å². The third-order valence-electron chi connectivity index (χ3n) is 8.77. The first-order valence-electron chi connectivity index (χ1n) is 15.5. The summed E-state index contributed by atoms with van der Waals surface area (Å²) in [6, 6.07) is 12.4. The molecule has 0 radical (unpaired) electrons. The van der Waals surface area contributed by atoms with E-state index >= 15 is 0 Å². The maximum Gasteiger partial charge on any atom is 0.304 e. The molecule has 3 aliphatic rings. The maximum atomic E-state index is 10.9. The summed E-state index contributed by atoms with van der Waals surface area (Å²) in [5.74, 6) is -0.0652. The predicted molar refractivity (Wildman–Crippen MR) is 163 cm³/mol. The number of piperidine rings is 2. The first-order chi connectivity index (χ1) is 19.3. The highest BCUT2D eigenvalue weighted by molar-refractivity contribution is 5.68. The lowest BCUT2D eigenvalue weighted by atomic mass is 9.82. The van der Waals surface area contributed by atoms with E-state index in [0.717, 1.165) is 56.0 Å². The zero-order valence-electron chi connectivity index (χ0n) is 24.7. The molecule has 7 heteroatoms. The molecule has 40 heavy (non-hydrogen) atoms. The molecule has 2 saturated heterocycles. The van der Waals surface area contributed by atoms with Crippen molar-refractivity contribution >= 4 is 17.5 Å². The Morgan fingerprint density at radius 2 is 1.82 bits per heavy atom. The van der Waals surface area contributed by atoms with Gasteiger partial charge < -0.3 is 25.3 Å². The number of carbonyl (C=O) groups is 1. The van der Waals surface area contributed by atoms with Gasteiger partial charge in [-0.3, -0.25) is 4.79 Å². The highest BCUT2D eigenvalue weighted by Gasteiger charge is 2.26. The molecule has 220 valence electrons. The van der Waals surface area contributed by atoms with Gasteiger partial charge >= 0.3 is 5.97 Å². The second-order valence-corrected chi connectivity index (χ2v) is 12.6. The zero-order chi connectivity index (χ0) is 28.4. The molecule has 0 bridgehead atoms. The lowest BCUT2D eigenvalue weighted by molar-refractivity contribution is -0.137. The SMILES string of the molecule is CC1(C)CCN(c2cccc(C(CO)CC(=O)O)c2)CC1.c1cc2c(nc1CCCN1CCCCC1)NCCC2. The summed E-state index contributed by atoms with van der Waals surface area (Å²) in [5.41, 5.74) is 5.09. The van der Waals surface area contributed by atoms with Crippen LogP contribution in [0.1, 0.15) is 88.0 Å². The first kappa shape index (κ1) is 30.3. The average molecular weight is 551 g/mol. The molecular formula is C33H50N4O3. The number of carboxylic acids is 1. The van der Waals surface area contributed by atoms with Gasteiger partial charge in [0.15, 0.2) is 0 Å². The van der Waals surface area contributed by atoms with Crippen LogP contribution in [-0.4, -0.2) is 71.9 Å². The number of aliphatic hydroxyl groups excluding tert-OH is 1. The summed E-state index contributed by atoms with van der Waals surface area (Å²) >= 11 is 0. The minimum Gasteiger partial charge on any atom is -0.481 e. The smallest absolute Gasteiger partial charge is 0.304 e. The van der Waals surface area contributed by atoms with Crippen molar-refractivity contribution in [2.75, 3.05) is 56.1 Å². The molecule has 3 N–H and O–H groups in total. The van der Waals surface area contributed by atoms with Crippen LogP contribution in [0.2, 0.25) is 0 Å². The van der Waals surface area contributed by atoms with Crippen LogP contribution < -0.4 is 10.2 Å². The third kappa shape index (κ3) is 9.20. The first-order valence-corrected chi connectivity index (χ1v) is 15.5. The fourth-order valence-corrected chi connectivity index (χ4v) is 6.02. The highest BCUT2D eigenvalue weighted by atomic mass is 16.4. The molecule has 0 amide bonds. The Hall–Kier alpha value is -2.64. The minimum absolute atomic E-state index is 0.0347. The molecular weight excluding hydrogens is 500 g/mol.